The van der Waals surface area contributed by atoms with Crippen LogP contribution in [0.1, 0.15) is 24.8 Å². The monoisotopic (exact) mass is 428 g/mol. The second kappa shape index (κ2) is 9.97. The third-order valence-electron chi connectivity index (χ3n) is 4.57. The Morgan fingerprint density at radius 3 is 2.58 bits per heavy atom. The molecular formula is C23H22F2N2O4. The average Bonchev–Trinajstić information content (AvgIpc) is 3.21. The van der Waals surface area contributed by atoms with Gasteiger partial charge in [-0.3, -0.25) is 9.59 Å². The number of carbonyl (C=O) groups excluding carboxylic acids is 2. The summed E-state index contributed by atoms with van der Waals surface area (Å²) >= 11 is 0. The lowest BCUT2D eigenvalue weighted by Crippen LogP contribution is -2.37. The maximum Gasteiger partial charge on any atom is 0.307 e. The molecule has 3 aromatic rings. The maximum atomic E-state index is 13.3. The van der Waals surface area contributed by atoms with Gasteiger partial charge in [-0.15, -0.1) is 0 Å². The summed E-state index contributed by atoms with van der Waals surface area (Å²) in [6, 6.07) is 11.7. The number of oxazole rings is 1. The third-order valence-corrected chi connectivity index (χ3v) is 4.57. The molecule has 0 radical (unpaired) electrons. The first-order valence-electron chi connectivity index (χ1n) is 9.71. The Hall–Kier alpha value is -3.55. The van der Waals surface area contributed by atoms with Gasteiger partial charge in [0.05, 0.1) is 12.6 Å². The van der Waals surface area contributed by atoms with E-state index in [1.165, 1.54) is 42.3 Å². The predicted molar refractivity (Wildman–Crippen MR) is 109 cm³/mol. The van der Waals surface area contributed by atoms with E-state index in [2.05, 4.69) is 4.98 Å². The molecule has 0 saturated carbocycles. The van der Waals surface area contributed by atoms with Crippen LogP contribution in [0.5, 0.6) is 0 Å². The highest BCUT2D eigenvalue weighted by Crippen LogP contribution is 2.21. The van der Waals surface area contributed by atoms with Gasteiger partial charge in [0.1, 0.15) is 11.6 Å². The molecule has 0 bridgehead atoms. The molecule has 1 aromatic heterocycles. The highest BCUT2D eigenvalue weighted by Gasteiger charge is 2.22. The fourth-order valence-electron chi connectivity index (χ4n) is 2.99. The van der Waals surface area contributed by atoms with Crippen LogP contribution in [-0.2, 0) is 27.3 Å². The van der Waals surface area contributed by atoms with Crippen LogP contribution in [0.25, 0.3) is 11.3 Å². The molecule has 162 valence electrons. The Bertz CT molecular complexity index is 1050. The van der Waals surface area contributed by atoms with Crippen molar-refractivity contribution in [3.8, 4) is 11.3 Å². The topological polar surface area (TPSA) is 72.6 Å². The summed E-state index contributed by atoms with van der Waals surface area (Å²) in [7, 11) is 1.56. The number of rotatable bonds is 8. The van der Waals surface area contributed by atoms with Gasteiger partial charge in [-0.25, -0.2) is 13.8 Å². The number of aromatic nitrogens is 1. The molecule has 0 saturated heterocycles. The number of esters is 1. The largest absolute Gasteiger partial charge is 0.453 e. The quantitative estimate of drug-likeness (QED) is 0.504. The first kappa shape index (κ1) is 22.1. The van der Waals surface area contributed by atoms with Gasteiger partial charge in [0, 0.05) is 25.6 Å². The van der Waals surface area contributed by atoms with Gasteiger partial charge in [-0.1, -0.05) is 12.1 Å². The van der Waals surface area contributed by atoms with Crippen LogP contribution in [0, 0.1) is 11.6 Å². The molecule has 6 nitrogen and oxygen atoms in total. The summed E-state index contributed by atoms with van der Waals surface area (Å²) < 4.78 is 37.1. The molecule has 1 heterocycles. The van der Waals surface area contributed by atoms with Crippen LogP contribution < -0.4 is 0 Å². The Morgan fingerprint density at radius 2 is 1.87 bits per heavy atom. The molecule has 2 aromatic carbocycles. The number of benzene rings is 2. The minimum atomic E-state index is -0.981. The smallest absolute Gasteiger partial charge is 0.307 e. The number of aryl methyl sites for hydroxylation is 1. The van der Waals surface area contributed by atoms with Gasteiger partial charge in [0.15, 0.2) is 17.8 Å². The van der Waals surface area contributed by atoms with E-state index in [-0.39, 0.29) is 31.0 Å². The van der Waals surface area contributed by atoms with Gasteiger partial charge < -0.3 is 14.1 Å². The van der Waals surface area contributed by atoms with Gasteiger partial charge in [-0.05, 0) is 48.9 Å². The molecule has 1 amide bonds. The second-order valence-corrected chi connectivity index (χ2v) is 7.08. The summed E-state index contributed by atoms with van der Waals surface area (Å²) in [6.45, 7) is 1.68. The van der Waals surface area contributed by atoms with Gasteiger partial charge in [0.2, 0.25) is 0 Å². The zero-order chi connectivity index (χ0) is 22.4. The summed E-state index contributed by atoms with van der Waals surface area (Å²) in [5, 5.41) is 0. The minimum absolute atomic E-state index is 0.0192. The number of amides is 1. The number of carbonyl (C=O) groups is 2. The SMILES string of the molecule is CC(OC(=O)CCc1ncc(-c2ccc(F)cc2)o1)C(=O)N(C)Cc1cccc(F)c1. The Balaban J connectivity index is 1.47. The van der Waals surface area contributed by atoms with Crippen molar-refractivity contribution < 1.29 is 27.5 Å². The molecule has 0 aliphatic rings. The van der Waals surface area contributed by atoms with Crippen molar-refractivity contribution >= 4 is 11.9 Å². The number of hydrogen-bond donors (Lipinski definition) is 0. The van der Waals surface area contributed by atoms with E-state index >= 15 is 0 Å². The minimum Gasteiger partial charge on any atom is -0.453 e. The van der Waals surface area contributed by atoms with E-state index in [1.54, 1.807) is 31.3 Å². The van der Waals surface area contributed by atoms with Gasteiger partial charge in [0.25, 0.3) is 5.91 Å². The van der Waals surface area contributed by atoms with Crippen molar-refractivity contribution in [2.45, 2.75) is 32.4 Å². The van der Waals surface area contributed by atoms with Crippen molar-refractivity contribution in [2.24, 2.45) is 0 Å². The Morgan fingerprint density at radius 1 is 1.13 bits per heavy atom. The highest BCUT2D eigenvalue weighted by atomic mass is 19.1. The molecule has 0 aliphatic heterocycles. The lowest BCUT2D eigenvalue weighted by molar-refractivity contribution is -0.158. The van der Waals surface area contributed by atoms with Gasteiger partial charge in [-0.2, -0.15) is 0 Å². The zero-order valence-electron chi connectivity index (χ0n) is 17.2. The first-order valence-corrected chi connectivity index (χ1v) is 9.71. The molecule has 0 spiro atoms. The average molecular weight is 428 g/mol. The van der Waals surface area contributed by atoms with Gasteiger partial charge >= 0.3 is 5.97 Å². The fraction of sp³-hybridized carbons (Fsp3) is 0.261. The highest BCUT2D eigenvalue weighted by molar-refractivity contribution is 5.83. The molecule has 31 heavy (non-hydrogen) atoms. The zero-order valence-corrected chi connectivity index (χ0v) is 17.2. The number of ether oxygens (including phenoxy) is 1. The first-order chi connectivity index (χ1) is 14.8. The second-order valence-electron chi connectivity index (χ2n) is 7.08. The molecule has 1 unspecified atom stereocenters. The van der Waals surface area contributed by atoms with E-state index in [1.807, 2.05) is 0 Å². The Labute approximate surface area is 178 Å². The van der Waals surface area contributed by atoms with Crippen molar-refractivity contribution in [1.29, 1.82) is 0 Å². The molecule has 1 atom stereocenters. The molecule has 0 N–H and O–H groups in total. The van der Waals surface area contributed by atoms with Crippen LogP contribution in [0.4, 0.5) is 8.78 Å². The van der Waals surface area contributed by atoms with E-state index < -0.39 is 18.0 Å². The summed E-state index contributed by atoms with van der Waals surface area (Å²) in [5.41, 5.74) is 1.30. The lowest BCUT2D eigenvalue weighted by atomic mass is 10.2. The van der Waals surface area contributed by atoms with Crippen molar-refractivity contribution in [2.75, 3.05) is 7.05 Å². The normalized spacial score (nSPS) is 11.7. The van der Waals surface area contributed by atoms with Crippen LogP contribution in [0.3, 0.4) is 0 Å². The molecule has 0 aliphatic carbocycles. The summed E-state index contributed by atoms with van der Waals surface area (Å²) in [6.07, 6.45) is 0.696. The standard InChI is InChI=1S/C23H22F2N2O4/c1-15(23(29)27(2)14-16-4-3-5-19(25)12-16)30-22(28)11-10-21-26-13-20(31-21)17-6-8-18(24)9-7-17/h3-9,12-13,15H,10-11,14H2,1-2H3. The fourth-order valence-corrected chi connectivity index (χ4v) is 2.99. The number of likely N-dealkylation sites (N-methyl/N-ethyl adjacent to an activating group) is 1. The van der Waals surface area contributed by atoms with Crippen LogP contribution in [0.15, 0.2) is 59.1 Å². The van der Waals surface area contributed by atoms with E-state index in [0.29, 0.717) is 22.8 Å². The molecule has 0 fully saturated rings. The molecular weight excluding hydrogens is 406 g/mol. The maximum absolute atomic E-state index is 13.3. The lowest BCUT2D eigenvalue weighted by Gasteiger charge is -2.21. The van der Waals surface area contributed by atoms with E-state index in [4.69, 9.17) is 9.15 Å². The summed E-state index contributed by atoms with van der Waals surface area (Å²) in [5.74, 6) is -0.901. The van der Waals surface area contributed by atoms with E-state index in [0.717, 1.165) is 0 Å². The predicted octanol–water partition coefficient (Wildman–Crippen LogP) is 4.14. The van der Waals surface area contributed by atoms with Crippen molar-refractivity contribution in [1.82, 2.24) is 9.88 Å². The van der Waals surface area contributed by atoms with Crippen molar-refractivity contribution in [3.05, 3.63) is 77.8 Å². The van der Waals surface area contributed by atoms with Crippen LogP contribution >= 0.6 is 0 Å². The summed E-state index contributed by atoms with van der Waals surface area (Å²) in [4.78, 5) is 30.0. The van der Waals surface area contributed by atoms with Crippen LogP contribution in [-0.4, -0.2) is 34.9 Å². The molecule has 8 heteroatoms. The van der Waals surface area contributed by atoms with Crippen molar-refractivity contribution in [3.63, 3.8) is 0 Å². The molecule has 3 rings (SSSR count). The third kappa shape index (κ3) is 6.21. The van der Waals surface area contributed by atoms with E-state index in [9.17, 15) is 18.4 Å². The number of hydrogen-bond acceptors (Lipinski definition) is 5. The Kier molecular flexibility index (Phi) is 7.12. The number of halogens is 2. The van der Waals surface area contributed by atoms with Crippen LogP contribution in [0.2, 0.25) is 0 Å². The number of nitrogens with zero attached hydrogens (tertiary/aromatic N) is 2.